The minimum absolute atomic E-state index is 0.117. The molecule has 1 nitrogen and oxygen atoms in total. The molecule has 0 spiro atoms. The molecule has 1 heterocycles. The van der Waals surface area contributed by atoms with Crippen molar-refractivity contribution in [3.05, 3.63) is 76.6 Å². The smallest absolute Gasteiger partial charge is 0.146 e. The fraction of sp³-hybridized carbons (Fsp3) is 0.222. The molecule has 106 valence electrons. The van der Waals surface area contributed by atoms with Crippen molar-refractivity contribution >= 4 is 17.3 Å². The number of hydrogen-bond donors (Lipinski definition) is 1. The summed E-state index contributed by atoms with van der Waals surface area (Å²) in [5.74, 6) is 0.545. The third-order valence-corrected chi connectivity index (χ3v) is 4.83. The van der Waals surface area contributed by atoms with Crippen LogP contribution in [0.3, 0.4) is 0 Å². The van der Waals surface area contributed by atoms with Crippen molar-refractivity contribution in [3.63, 3.8) is 0 Å². The Morgan fingerprint density at radius 2 is 1.90 bits per heavy atom. The van der Waals surface area contributed by atoms with Crippen molar-refractivity contribution in [1.82, 2.24) is 0 Å². The zero-order valence-electron chi connectivity index (χ0n) is 11.4. The van der Waals surface area contributed by atoms with Crippen LogP contribution in [0.25, 0.3) is 0 Å². The molecule has 0 amide bonds. The standard InChI is InChI=1S/C18H15ClFN/c19-12-9-7-11(8-10-12)17-14-4-1-3-13(14)15-5-2-6-16(20)18(15)21-17/h1-3,5-10,13-14,17,21H,4H2/t13-,14+,17+/m1/s1. The molecule has 0 bridgehead atoms. The second-order valence-electron chi connectivity index (χ2n) is 5.73. The van der Waals surface area contributed by atoms with Gasteiger partial charge in [-0.05, 0) is 41.7 Å². The highest BCUT2D eigenvalue weighted by molar-refractivity contribution is 6.30. The summed E-state index contributed by atoms with van der Waals surface area (Å²) in [5.41, 5.74) is 2.87. The SMILES string of the molecule is Fc1cccc2c1N[C@@H](c1ccc(Cl)cc1)[C@H]1CC=C[C@@H]21. The van der Waals surface area contributed by atoms with E-state index in [1.54, 1.807) is 6.07 Å². The summed E-state index contributed by atoms with van der Waals surface area (Å²) in [7, 11) is 0. The predicted octanol–water partition coefficient (Wildman–Crippen LogP) is 5.31. The van der Waals surface area contributed by atoms with Crippen LogP contribution in [0.1, 0.15) is 29.5 Å². The normalized spacial score (nSPS) is 26.1. The maximum absolute atomic E-state index is 14.2. The predicted molar refractivity (Wildman–Crippen MR) is 84.2 cm³/mol. The molecule has 0 aromatic heterocycles. The van der Waals surface area contributed by atoms with E-state index in [1.807, 2.05) is 30.3 Å². The summed E-state index contributed by atoms with van der Waals surface area (Å²) < 4.78 is 14.2. The summed E-state index contributed by atoms with van der Waals surface area (Å²) in [6, 6.07) is 13.3. The Labute approximate surface area is 128 Å². The van der Waals surface area contributed by atoms with E-state index in [0.717, 1.165) is 22.6 Å². The van der Waals surface area contributed by atoms with Crippen LogP contribution in [0.15, 0.2) is 54.6 Å². The number of rotatable bonds is 1. The zero-order chi connectivity index (χ0) is 14.4. The quantitative estimate of drug-likeness (QED) is 0.704. The van der Waals surface area contributed by atoms with Gasteiger partial charge in [-0.1, -0.05) is 48.0 Å². The van der Waals surface area contributed by atoms with Gasteiger partial charge in [-0.25, -0.2) is 4.39 Å². The van der Waals surface area contributed by atoms with Gasteiger partial charge in [-0.3, -0.25) is 0 Å². The molecule has 0 unspecified atom stereocenters. The molecule has 2 aromatic carbocycles. The Kier molecular flexibility index (Phi) is 3.00. The van der Waals surface area contributed by atoms with E-state index in [0.29, 0.717) is 11.6 Å². The molecule has 3 atom stereocenters. The Hall–Kier alpha value is -1.80. The van der Waals surface area contributed by atoms with Gasteiger partial charge in [-0.2, -0.15) is 0 Å². The lowest BCUT2D eigenvalue weighted by molar-refractivity contribution is 0.421. The van der Waals surface area contributed by atoms with Gasteiger partial charge in [0.15, 0.2) is 0 Å². The molecule has 0 saturated heterocycles. The Bertz CT molecular complexity index is 708. The van der Waals surface area contributed by atoms with E-state index in [9.17, 15) is 4.39 Å². The van der Waals surface area contributed by atoms with Crippen molar-refractivity contribution in [2.24, 2.45) is 5.92 Å². The first-order valence-electron chi connectivity index (χ1n) is 7.21. The number of anilines is 1. The molecule has 1 N–H and O–H groups in total. The monoisotopic (exact) mass is 299 g/mol. The van der Waals surface area contributed by atoms with Gasteiger partial charge in [0.05, 0.1) is 11.7 Å². The summed E-state index contributed by atoms with van der Waals surface area (Å²) >= 11 is 5.98. The Morgan fingerprint density at radius 1 is 1.10 bits per heavy atom. The molecule has 2 aromatic rings. The van der Waals surface area contributed by atoms with Gasteiger partial charge in [-0.15, -0.1) is 0 Å². The van der Waals surface area contributed by atoms with Crippen LogP contribution in [0.5, 0.6) is 0 Å². The minimum Gasteiger partial charge on any atom is -0.375 e. The molecule has 0 saturated carbocycles. The summed E-state index contributed by atoms with van der Waals surface area (Å²) in [5, 5.41) is 4.14. The molecule has 21 heavy (non-hydrogen) atoms. The van der Waals surface area contributed by atoms with Crippen molar-refractivity contribution < 1.29 is 4.39 Å². The van der Waals surface area contributed by atoms with Gasteiger partial charge in [0, 0.05) is 10.9 Å². The van der Waals surface area contributed by atoms with Crippen LogP contribution in [0, 0.1) is 11.7 Å². The van der Waals surface area contributed by atoms with Crippen molar-refractivity contribution in [2.45, 2.75) is 18.4 Å². The molecule has 3 heteroatoms. The first-order valence-corrected chi connectivity index (χ1v) is 7.59. The van der Waals surface area contributed by atoms with Gasteiger partial charge >= 0.3 is 0 Å². The fourth-order valence-electron chi connectivity index (χ4n) is 3.58. The lowest BCUT2D eigenvalue weighted by Crippen LogP contribution is -2.29. The lowest BCUT2D eigenvalue weighted by Gasteiger charge is -2.37. The van der Waals surface area contributed by atoms with Gasteiger partial charge in [0.2, 0.25) is 0 Å². The van der Waals surface area contributed by atoms with E-state index < -0.39 is 0 Å². The third kappa shape index (κ3) is 2.06. The number of nitrogens with one attached hydrogen (secondary N) is 1. The first-order chi connectivity index (χ1) is 10.2. The minimum atomic E-state index is -0.176. The number of fused-ring (bicyclic) bond motifs is 3. The summed E-state index contributed by atoms with van der Waals surface area (Å²) in [6.07, 6.45) is 5.44. The number of halogens is 2. The van der Waals surface area contributed by atoms with Crippen molar-refractivity contribution in [2.75, 3.05) is 5.32 Å². The average molecular weight is 300 g/mol. The molecule has 4 rings (SSSR count). The number of hydrogen-bond acceptors (Lipinski definition) is 1. The summed E-state index contributed by atoms with van der Waals surface area (Å²) in [6.45, 7) is 0. The molecule has 0 radical (unpaired) electrons. The van der Waals surface area contributed by atoms with E-state index in [4.69, 9.17) is 11.6 Å². The molecule has 1 aliphatic carbocycles. The first kappa shape index (κ1) is 12.9. The highest BCUT2D eigenvalue weighted by Crippen LogP contribution is 2.50. The number of para-hydroxylation sites is 1. The third-order valence-electron chi connectivity index (χ3n) is 4.58. The van der Waals surface area contributed by atoms with E-state index in [2.05, 4.69) is 17.5 Å². The van der Waals surface area contributed by atoms with Crippen LogP contribution in [-0.2, 0) is 0 Å². The van der Waals surface area contributed by atoms with Gasteiger partial charge in [0.1, 0.15) is 5.82 Å². The lowest BCUT2D eigenvalue weighted by atomic mass is 9.77. The summed E-state index contributed by atoms with van der Waals surface area (Å²) in [4.78, 5) is 0. The second-order valence-corrected chi connectivity index (χ2v) is 6.17. The number of allylic oxidation sites excluding steroid dienone is 2. The highest BCUT2D eigenvalue weighted by atomic mass is 35.5. The van der Waals surface area contributed by atoms with Crippen LogP contribution >= 0.6 is 11.6 Å². The van der Waals surface area contributed by atoms with Crippen molar-refractivity contribution in [1.29, 1.82) is 0 Å². The van der Waals surface area contributed by atoms with E-state index in [-0.39, 0.29) is 17.8 Å². The molecular weight excluding hydrogens is 285 g/mol. The van der Waals surface area contributed by atoms with Crippen LogP contribution in [0.2, 0.25) is 5.02 Å². The van der Waals surface area contributed by atoms with Gasteiger partial charge in [0.25, 0.3) is 0 Å². The Morgan fingerprint density at radius 3 is 2.71 bits per heavy atom. The zero-order valence-corrected chi connectivity index (χ0v) is 12.1. The van der Waals surface area contributed by atoms with E-state index in [1.165, 1.54) is 6.07 Å². The fourth-order valence-corrected chi connectivity index (χ4v) is 3.71. The Balaban J connectivity index is 1.81. The maximum atomic E-state index is 14.2. The molecule has 1 aliphatic heterocycles. The van der Waals surface area contributed by atoms with Crippen molar-refractivity contribution in [3.8, 4) is 0 Å². The average Bonchev–Trinajstić information content (AvgIpc) is 2.98. The van der Waals surface area contributed by atoms with Crippen LogP contribution < -0.4 is 5.32 Å². The second kappa shape index (κ2) is 4.88. The van der Waals surface area contributed by atoms with Crippen LogP contribution in [0.4, 0.5) is 10.1 Å². The van der Waals surface area contributed by atoms with Crippen LogP contribution in [-0.4, -0.2) is 0 Å². The maximum Gasteiger partial charge on any atom is 0.146 e. The largest absolute Gasteiger partial charge is 0.375 e. The molecular formula is C18H15ClFN. The molecule has 0 fully saturated rings. The number of benzene rings is 2. The molecule has 2 aliphatic rings. The van der Waals surface area contributed by atoms with E-state index >= 15 is 0 Å². The topological polar surface area (TPSA) is 12.0 Å². The van der Waals surface area contributed by atoms with Gasteiger partial charge < -0.3 is 5.32 Å². The highest BCUT2D eigenvalue weighted by Gasteiger charge is 2.38.